The molecule has 1 amide bonds. The number of nitrogens with zero attached hydrogens (tertiary/aromatic N) is 1. The molecule has 1 aromatic rings. The molecule has 0 aromatic carbocycles. The zero-order chi connectivity index (χ0) is 15.1. The van der Waals surface area contributed by atoms with E-state index >= 15 is 0 Å². The zero-order valence-corrected chi connectivity index (χ0v) is 12.1. The molecule has 5 heteroatoms. The largest absolute Gasteiger partial charge is 0.395 e. The average Bonchev–Trinajstić information content (AvgIpc) is 3.02. The number of nitrogens with one attached hydrogen (secondary N) is 1. The van der Waals surface area contributed by atoms with Gasteiger partial charge in [0.2, 0.25) is 0 Å². The normalized spacial score (nSPS) is 18.7. The van der Waals surface area contributed by atoms with Gasteiger partial charge in [0.1, 0.15) is 5.69 Å². The van der Waals surface area contributed by atoms with Crippen molar-refractivity contribution in [2.75, 3.05) is 13.2 Å². The van der Waals surface area contributed by atoms with E-state index in [0.29, 0.717) is 17.7 Å². The average molecular weight is 288 g/mol. The predicted octanol–water partition coefficient (Wildman–Crippen LogP) is 1.11. The number of hydrogen-bond donors (Lipinski definition) is 2. The van der Waals surface area contributed by atoms with Crippen LogP contribution in [0.2, 0.25) is 0 Å². The number of aliphatic hydroxyl groups is 1. The SMILES string of the molecule is CC(NC(=O)c1ncccc1C#CCCO)C1CCCO1. The van der Waals surface area contributed by atoms with Crippen LogP contribution < -0.4 is 5.32 Å². The van der Waals surface area contributed by atoms with Crippen molar-refractivity contribution < 1.29 is 14.6 Å². The molecule has 21 heavy (non-hydrogen) atoms. The smallest absolute Gasteiger partial charge is 0.271 e. The van der Waals surface area contributed by atoms with Crippen LogP contribution >= 0.6 is 0 Å². The van der Waals surface area contributed by atoms with Gasteiger partial charge in [-0.15, -0.1) is 0 Å². The number of ether oxygens (including phenoxy) is 1. The number of aliphatic hydroxyl groups excluding tert-OH is 1. The zero-order valence-electron chi connectivity index (χ0n) is 12.1. The van der Waals surface area contributed by atoms with Crippen molar-refractivity contribution in [2.24, 2.45) is 0 Å². The van der Waals surface area contributed by atoms with Crippen molar-refractivity contribution in [1.29, 1.82) is 0 Å². The molecule has 2 N–H and O–H groups in total. The minimum Gasteiger partial charge on any atom is -0.395 e. The van der Waals surface area contributed by atoms with Crippen LogP contribution in [0.1, 0.15) is 42.2 Å². The van der Waals surface area contributed by atoms with E-state index in [-0.39, 0.29) is 24.7 Å². The summed E-state index contributed by atoms with van der Waals surface area (Å²) < 4.78 is 5.57. The summed E-state index contributed by atoms with van der Waals surface area (Å²) in [5.41, 5.74) is 0.885. The molecule has 1 aliphatic rings. The Morgan fingerprint density at radius 2 is 2.52 bits per heavy atom. The lowest BCUT2D eigenvalue weighted by Gasteiger charge is -2.19. The van der Waals surface area contributed by atoms with Crippen LogP contribution in [0.5, 0.6) is 0 Å². The number of pyridine rings is 1. The number of aromatic nitrogens is 1. The summed E-state index contributed by atoms with van der Waals surface area (Å²) in [4.78, 5) is 16.4. The third-order valence-electron chi connectivity index (χ3n) is 3.36. The first-order valence-electron chi connectivity index (χ1n) is 7.19. The van der Waals surface area contributed by atoms with E-state index < -0.39 is 0 Å². The molecule has 0 radical (unpaired) electrons. The van der Waals surface area contributed by atoms with E-state index in [1.54, 1.807) is 18.3 Å². The Morgan fingerprint density at radius 1 is 1.67 bits per heavy atom. The maximum Gasteiger partial charge on any atom is 0.271 e. The van der Waals surface area contributed by atoms with Gasteiger partial charge >= 0.3 is 0 Å². The molecule has 2 atom stereocenters. The molecule has 0 saturated carbocycles. The van der Waals surface area contributed by atoms with Crippen molar-refractivity contribution in [2.45, 2.75) is 38.3 Å². The molecule has 0 bridgehead atoms. The van der Waals surface area contributed by atoms with Crippen LogP contribution in [0, 0.1) is 11.8 Å². The number of carbonyl (C=O) groups is 1. The van der Waals surface area contributed by atoms with Gasteiger partial charge in [-0.3, -0.25) is 4.79 Å². The molecule has 1 saturated heterocycles. The summed E-state index contributed by atoms with van der Waals surface area (Å²) in [7, 11) is 0. The molecule has 2 rings (SSSR count). The summed E-state index contributed by atoms with van der Waals surface area (Å²) in [6, 6.07) is 3.44. The molecular formula is C16H20N2O3. The highest BCUT2D eigenvalue weighted by atomic mass is 16.5. The molecule has 112 valence electrons. The first kappa shape index (κ1) is 15.5. The summed E-state index contributed by atoms with van der Waals surface area (Å²) in [6.07, 6.45) is 4.02. The Kier molecular flexibility index (Phi) is 5.73. The maximum absolute atomic E-state index is 12.3. The Balaban J connectivity index is 2.06. The Labute approximate surface area is 124 Å². The van der Waals surface area contributed by atoms with Crippen molar-refractivity contribution in [3.8, 4) is 11.8 Å². The van der Waals surface area contributed by atoms with Gasteiger partial charge in [-0.1, -0.05) is 11.8 Å². The molecule has 0 aliphatic carbocycles. The van der Waals surface area contributed by atoms with Crippen LogP contribution in [0.4, 0.5) is 0 Å². The van der Waals surface area contributed by atoms with E-state index in [9.17, 15) is 4.79 Å². The molecule has 2 heterocycles. The number of hydrogen-bond acceptors (Lipinski definition) is 4. The second kappa shape index (κ2) is 7.77. The predicted molar refractivity (Wildman–Crippen MR) is 78.7 cm³/mol. The molecule has 5 nitrogen and oxygen atoms in total. The van der Waals surface area contributed by atoms with Crippen molar-refractivity contribution in [3.63, 3.8) is 0 Å². The summed E-state index contributed by atoms with van der Waals surface area (Å²) in [6.45, 7) is 2.70. The lowest BCUT2D eigenvalue weighted by Crippen LogP contribution is -2.41. The molecule has 1 aromatic heterocycles. The summed E-state index contributed by atoms with van der Waals surface area (Å²) in [5, 5.41) is 11.7. The standard InChI is InChI=1S/C16H20N2O3/c1-12(14-8-5-11-21-14)18-16(20)15-13(6-2-3-10-19)7-4-9-17-15/h4,7,9,12,14,19H,3,5,8,10-11H2,1H3,(H,18,20). The first-order chi connectivity index (χ1) is 10.2. The van der Waals surface area contributed by atoms with E-state index in [2.05, 4.69) is 22.1 Å². The van der Waals surface area contributed by atoms with Gasteiger partial charge in [0.05, 0.1) is 24.3 Å². The van der Waals surface area contributed by atoms with Gasteiger partial charge in [-0.2, -0.15) is 0 Å². The molecule has 1 aliphatic heterocycles. The van der Waals surface area contributed by atoms with Gasteiger partial charge in [0.15, 0.2) is 0 Å². The van der Waals surface area contributed by atoms with Gasteiger partial charge < -0.3 is 15.2 Å². The maximum atomic E-state index is 12.3. The highest BCUT2D eigenvalue weighted by molar-refractivity contribution is 5.94. The summed E-state index contributed by atoms with van der Waals surface area (Å²) in [5.74, 6) is 5.44. The number of amides is 1. The van der Waals surface area contributed by atoms with Gasteiger partial charge in [0, 0.05) is 19.2 Å². The van der Waals surface area contributed by atoms with E-state index in [1.807, 2.05) is 6.92 Å². The minimum atomic E-state index is -0.244. The van der Waals surface area contributed by atoms with Gasteiger partial charge in [-0.05, 0) is 31.9 Å². The second-order valence-corrected chi connectivity index (χ2v) is 4.99. The van der Waals surface area contributed by atoms with Crippen molar-refractivity contribution in [3.05, 3.63) is 29.6 Å². The van der Waals surface area contributed by atoms with Crippen LogP contribution in [0.25, 0.3) is 0 Å². The van der Waals surface area contributed by atoms with Crippen molar-refractivity contribution in [1.82, 2.24) is 10.3 Å². The lowest BCUT2D eigenvalue weighted by molar-refractivity contribution is 0.0709. The fourth-order valence-electron chi connectivity index (χ4n) is 2.27. The van der Waals surface area contributed by atoms with E-state index in [4.69, 9.17) is 9.84 Å². The minimum absolute atomic E-state index is 0.00481. The molecule has 1 fully saturated rings. The molecular weight excluding hydrogens is 268 g/mol. The first-order valence-corrected chi connectivity index (χ1v) is 7.19. The third-order valence-corrected chi connectivity index (χ3v) is 3.36. The van der Waals surface area contributed by atoms with Crippen LogP contribution in [-0.4, -0.2) is 41.4 Å². The Morgan fingerprint density at radius 3 is 3.24 bits per heavy atom. The fraction of sp³-hybridized carbons (Fsp3) is 0.500. The van der Waals surface area contributed by atoms with Crippen LogP contribution in [0.15, 0.2) is 18.3 Å². The quantitative estimate of drug-likeness (QED) is 0.814. The van der Waals surface area contributed by atoms with Crippen LogP contribution in [-0.2, 0) is 4.74 Å². The highest BCUT2D eigenvalue weighted by Gasteiger charge is 2.24. The van der Waals surface area contributed by atoms with Gasteiger partial charge in [0.25, 0.3) is 5.91 Å². The van der Waals surface area contributed by atoms with E-state index in [1.165, 1.54) is 0 Å². The highest BCUT2D eigenvalue weighted by Crippen LogP contribution is 2.16. The lowest BCUT2D eigenvalue weighted by atomic mass is 10.1. The van der Waals surface area contributed by atoms with E-state index in [0.717, 1.165) is 19.4 Å². The molecule has 0 spiro atoms. The topological polar surface area (TPSA) is 71.5 Å². The third kappa shape index (κ3) is 4.28. The fourth-order valence-corrected chi connectivity index (χ4v) is 2.27. The number of carbonyl (C=O) groups excluding carboxylic acids is 1. The monoisotopic (exact) mass is 288 g/mol. The number of rotatable bonds is 4. The van der Waals surface area contributed by atoms with Gasteiger partial charge in [-0.25, -0.2) is 4.98 Å². The van der Waals surface area contributed by atoms with Crippen LogP contribution in [0.3, 0.4) is 0 Å². The summed E-state index contributed by atoms with van der Waals surface area (Å²) >= 11 is 0. The Bertz CT molecular complexity index is 542. The second-order valence-electron chi connectivity index (χ2n) is 4.99. The van der Waals surface area contributed by atoms with Crippen molar-refractivity contribution >= 4 is 5.91 Å². The Hall–Kier alpha value is -1.90. The molecule has 2 unspecified atom stereocenters.